The van der Waals surface area contributed by atoms with E-state index in [0.717, 1.165) is 11.3 Å². The van der Waals surface area contributed by atoms with Crippen LogP contribution in [0.5, 0.6) is 5.75 Å². The summed E-state index contributed by atoms with van der Waals surface area (Å²) in [6, 6.07) is 7.59. The van der Waals surface area contributed by atoms with Crippen molar-refractivity contribution >= 4 is 9.84 Å². The standard InChI is InChI=1S/C12H19NO3S/c1-13-11(9-17(3,14)15)7-10-5-4-6-12(8-10)16-2/h4-6,8,11,13H,7,9H2,1-3H3. The van der Waals surface area contributed by atoms with Gasteiger partial charge in [-0.1, -0.05) is 12.1 Å². The van der Waals surface area contributed by atoms with Crippen LogP contribution in [0, 0.1) is 0 Å². The maximum atomic E-state index is 11.2. The van der Waals surface area contributed by atoms with E-state index in [1.54, 1.807) is 14.2 Å². The number of ether oxygens (including phenoxy) is 1. The Bertz CT molecular complexity index is 457. The number of methoxy groups -OCH3 is 1. The van der Waals surface area contributed by atoms with Gasteiger partial charge in [0, 0.05) is 12.3 Å². The molecular formula is C12H19NO3S. The third-order valence-corrected chi connectivity index (χ3v) is 3.54. The van der Waals surface area contributed by atoms with Gasteiger partial charge >= 0.3 is 0 Å². The van der Waals surface area contributed by atoms with Gasteiger partial charge in [0.1, 0.15) is 15.6 Å². The van der Waals surface area contributed by atoms with Gasteiger partial charge < -0.3 is 10.1 Å². The van der Waals surface area contributed by atoms with E-state index in [-0.39, 0.29) is 11.8 Å². The second-order valence-corrected chi connectivity index (χ2v) is 6.32. The van der Waals surface area contributed by atoms with E-state index >= 15 is 0 Å². The summed E-state index contributed by atoms with van der Waals surface area (Å²) in [6.07, 6.45) is 1.92. The van der Waals surface area contributed by atoms with E-state index < -0.39 is 9.84 Å². The molecular weight excluding hydrogens is 238 g/mol. The number of hydrogen-bond acceptors (Lipinski definition) is 4. The van der Waals surface area contributed by atoms with Crippen molar-refractivity contribution in [3.63, 3.8) is 0 Å². The highest BCUT2D eigenvalue weighted by atomic mass is 32.2. The predicted molar refractivity (Wildman–Crippen MR) is 69.3 cm³/mol. The molecule has 0 radical (unpaired) electrons. The minimum atomic E-state index is -2.96. The molecule has 1 atom stereocenters. The number of sulfone groups is 1. The molecule has 0 saturated carbocycles. The van der Waals surface area contributed by atoms with Crippen LogP contribution in [-0.2, 0) is 16.3 Å². The van der Waals surface area contributed by atoms with Crippen LogP contribution in [-0.4, -0.2) is 40.6 Å². The molecule has 0 spiro atoms. The van der Waals surface area contributed by atoms with Gasteiger partial charge in [-0.05, 0) is 31.2 Å². The first-order valence-corrected chi connectivity index (χ1v) is 7.48. The monoisotopic (exact) mass is 257 g/mol. The number of hydrogen-bond donors (Lipinski definition) is 1. The summed E-state index contributed by atoms with van der Waals surface area (Å²) in [5, 5.41) is 3.02. The van der Waals surface area contributed by atoms with Crippen LogP contribution in [0.15, 0.2) is 24.3 Å². The fourth-order valence-electron chi connectivity index (χ4n) is 1.69. The molecule has 17 heavy (non-hydrogen) atoms. The molecule has 5 heteroatoms. The Kier molecular flexibility index (Phi) is 4.96. The molecule has 1 aromatic rings. The zero-order valence-corrected chi connectivity index (χ0v) is 11.3. The lowest BCUT2D eigenvalue weighted by molar-refractivity contribution is 0.414. The molecule has 1 aromatic carbocycles. The Morgan fingerprint density at radius 2 is 2.12 bits per heavy atom. The zero-order chi connectivity index (χ0) is 12.9. The average molecular weight is 257 g/mol. The van der Waals surface area contributed by atoms with Crippen molar-refractivity contribution in [2.45, 2.75) is 12.5 Å². The maximum absolute atomic E-state index is 11.2. The van der Waals surface area contributed by atoms with Crippen molar-refractivity contribution in [2.75, 3.05) is 26.2 Å². The number of benzene rings is 1. The Morgan fingerprint density at radius 3 is 2.65 bits per heavy atom. The van der Waals surface area contributed by atoms with E-state index in [4.69, 9.17) is 4.74 Å². The Balaban J connectivity index is 2.73. The second-order valence-electron chi connectivity index (χ2n) is 4.13. The van der Waals surface area contributed by atoms with E-state index in [1.165, 1.54) is 6.26 Å². The Hall–Kier alpha value is -1.07. The van der Waals surface area contributed by atoms with Gasteiger partial charge in [-0.2, -0.15) is 0 Å². The number of nitrogens with one attached hydrogen (secondary N) is 1. The number of rotatable bonds is 6. The number of likely N-dealkylation sites (N-methyl/N-ethyl adjacent to an activating group) is 1. The van der Waals surface area contributed by atoms with Crippen LogP contribution in [0.2, 0.25) is 0 Å². The third-order valence-electron chi connectivity index (χ3n) is 2.53. The molecule has 96 valence electrons. The lowest BCUT2D eigenvalue weighted by Gasteiger charge is -2.15. The predicted octanol–water partition coefficient (Wildman–Crippen LogP) is 0.870. The summed E-state index contributed by atoms with van der Waals surface area (Å²) < 4.78 is 27.6. The molecule has 0 bridgehead atoms. The summed E-state index contributed by atoms with van der Waals surface area (Å²) in [7, 11) is 0.425. The highest BCUT2D eigenvalue weighted by molar-refractivity contribution is 7.90. The van der Waals surface area contributed by atoms with Gasteiger partial charge in [0.15, 0.2) is 0 Å². The van der Waals surface area contributed by atoms with Crippen molar-refractivity contribution in [3.8, 4) is 5.75 Å². The van der Waals surface area contributed by atoms with Gasteiger partial charge in [-0.25, -0.2) is 8.42 Å². The van der Waals surface area contributed by atoms with E-state index in [2.05, 4.69) is 5.32 Å². The minimum absolute atomic E-state index is 0.0721. The third kappa shape index (κ3) is 5.19. The van der Waals surface area contributed by atoms with Gasteiger partial charge in [-0.3, -0.25) is 0 Å². The lowest BCUT2D eigenvalue weighted by Crippen LogP contribution is -2.34. The summed E-state index contributed by atoms with van der Waals surface area (Å²) in [5.41, 5.74) is 1.06. The average Bonchev–Trinajstić information content (AvgIpc) is 2.26. The smallest absolute Gasteiger partial charge is 0.148 e. The zero-order valence-electron chi connectivity index (χ0n) is 10.4. The first-order chi connectivity index (χ1) is 7.94. The van der Waals surface area contributed by atoms with Crippen molar-refractivity contribution < 1.29 is 13.2 Å². The van der Waals surface area contributed by atoms with Crippen molar-refractivity contribution in [1.29, 1.82) is 0 Å². The van der Waals surface area contributed by atoms with Gasteiger partial charge in [0.05, 0.1) is 12.9 Å². The highest BCUT2D eigenvalue weighted by Gasteiger charge is 2.14. The minimum Gasteiger partial charge on any atom is -0.497 e. The summed E-state index contributed by atoms with van der Waals surface area (Å²) >= 11 is 0. The molecule has 1 N–H and O–H groups in total. The Morgan fingerprint density at radius 1 is 1.41 bits per heavy atom. The highest BCUT2D eigenvalue weighted by Crippen LogP contribution is 2.14. The van der Waals surface area contributed by atoms with Gasteiger partial charge in [0.2, 0.25) is 0 Å². The molecule has 0 amide bonds. The Labute approximate surface area is 103 Å². The molecule has 1 unspecified atom stereocenters. The van der Waals surface area contributed by atoms with Crippen LogP contribution in [0.25, 0.3) is 0 Å². The molecule has 0 heterocycles. The summed E-state index contributed by atoms with van der Waals surface area (Å²) in [6.45, 7) is 0. The van der Waals surface area contributed by atoms with Crippen LogP contribution < -0.4 is 10.1 Å². The summed E-state index contributed by atoms with van der Waals surface area (Å²) in [4.78, 5) is 0. The van der Waals surface area contributed by atoms with Gasteiger partial charge in [0.25, 0.3) is 0 Å². The van der Waals surface area contributed by atoms with E-state index in [0.29, 0.717) is 6.42 Å². The molecule has 0 aliphatic carbocycles. The molecule has 4 nitrogen and oxygen atoms in total. The second kappa shape index (κ2) is 6.02. The fraction of sp³-hybridized carbons (Fsp3) is 0.500. The first kappa shape index (κ1) is 14.0. The van der Waals surface area contributed by atoms with E-state index in [9.17, 15) is 8.42 Å². The van der Waals surface area contributed by atoms with Crippen molar-refractivity contribution in [3.05, 3.63) is 29.8 Å². The maximum Gasteiger partial charge on any atom is 0.148 e. The normalized spacial score (nSPS) is 13.4. The topological polar surface area (TPSA) is 55.4 Å². The fourth-order valence-corrected chi connectivity index (χ4v) is 2.71. The van der Waals surface area contributed by atoms with Crippen molar-refractivity contribution in [1.82, 2.24) is 5.32 Å². The molecule has 0 saturated heterocycles. The molecule has 0 aromatic heterocycles. The molecule has 1 rings (SSSR count). The quantitative estimate of drug-likeness (QED) is 0.821. The lowest BCUT2D eigenvalue weighted by atomic mass is 10.1. The van der Waals surface area contributed by atoms with Crippen LogP contribution in [0.4, 0.5) is 0 Å². The SMILES string of the molecule is CNC(Cc1cccc(OC)c1)CS(C)(=O)=O. The molecule has 0 fully saturated rings. The molecule has 0 aliphatic rings. The van der Waals surface area contributed by atoms with E-state index in [1.807, 2.05) is 24.3 Å². The van der Waals surface area contributed by atoms with Gasteiger partial charge in [-0.15, -0.1) is 0 Å². The van der Waals surface area contributed by atoms with Crippen LogP contribution in [0.3, 0.4) is 0 Å². The first-order valence-electron chi connectivity index (χ1n) is 5.42. The largest absolute Gasteiger partial charge is 0.497 e. The van der Waals surface area contributed by atoms with Crippen LogP contribution >= 0.6 is 0 Å². The summed E-state index contributed by atoms with van der Waals surface area (Å²) in [5.74, 6) is 0.928. The molecule has 0 aliphatic heterocycles. The van der Waals surface area contributed by atoms with Crippen molar-refractivity contribution in [2.24, 2.45) is 0 Å². The van der Waals surface area contributed by atoms with Crippen LogP contribution in [0.1, 0.15) is 5.56 Å².